The summed E-state index contributed by atoms with van der Waals surface area (Å²) in [4.78, 5) is 22.6. The second-order valence-electron chi connectivity index (χ2n) is 4.99. The van der Waals surface area contributed by atoms with E-state index in [1.54, 1.807) is 0 Å². The molecule has 3 N–H and O–H groups in total. The SMILES string of the molecule is C[Si](C)(CCC(=O)NC1(C#N)CC1)C(N)=O. The number of hydrogen-bond acceptors (Lipinski definition) is 3. The average molecular weight is 239 g/mol. The fourth-order valence-corrected chi connectivity index (χ4v) is 2.37. The summed E-state index contributed by atoms with van der Waals surface area (Å²) in [5.74, 6) is -0.152. The molecular weight excluding hydrogens is 222 g/mol. The van der Waals surface area contributed by atoms with Gasteiger partial charge in [-0.15, -0.1) is 0 Å². The zero-order chi connectivity index (χ0) is 12.4. The molecule has 5 nitrogen and oxygen atoms in total. The second-order valence-corrected chi connectivity index (χ2v) is 9.75. The Morgan fingerprint density at radius 3 is 2.44 bits per heavy atom. The number of nitrogens with zero attached hydrogens (tertiary/aromatic N) is 1. The summed E-state index contributed by atoms with van der Waals surface area (Å²) >= 11 is 0. The van der Waals surface area contributed by atoms with Gasteiger partial charge in [0.25, 0.3) is 0 Å². The van der Waals surface area contributed by atoms with Gasteiger partial charge in [0.1, 0.15) is 5.54 Å². The van der Waals surface area contributed by atoms with Crippen molar-refractivity contribution >= 4 is 19.5 Å². The highest BCUT2D eigenvalue weighted by Gasteiger charge is 2.44. The van der Waals surface area contributed by atoms with E-state index in [0.717, 1.165) is 12.8 Å². The monoisotopic (exact) mass is 239 g/mol. The van der Waals surface area contributed by atoms with Gasteiger partial charge in [0.05, 0.1) is 6.07 Å². The van der Waals surface area contributed by atoms with E-state index in [0.29, 0.717) is 6.04 Å². The van der Waals surface area contributed by atoms with Crippen LogP contribution in [-0.4, -0.2) is 25.1 Å². The number of rotatable bonds is 5. The molecule has 0 radical (unpaired) electrons. The largest absolute Gasteiger partial charge is 0.374 e. The minimum absolute atomic E-state index is 0.152. The minimum Gasteiger partial charge on any atom is -0.374 e. The molecule has 88 valence electrons. The molecule has 0 unspecified atom stereocenters. The smallest absolute Gasteiger partial charge is 0.220 e. The number of primary amides is 1. The lowest BCUT2D eigenvalue weighted by molar-refractivity contribution is -0.121. The van der Waals surface area contributed by atoms with Crippen LogP contribution in [-0.2, 0) is 4.79 Å². The summed E-state index contributed by atoms with van der Waals surface area (Å²) in [6, 6.07) is 2.63. The molecule has 16 heavy (non-hydrogen) atoms. The van der Waals surface area contributed by atoms with Crippen molar-refractivity contribution in [1.29, 1.82) is 5.26 Å². The van der Waals surface area contributed by atoms with Crippen LogP contribution in [0, 0.1) is 11.3 Å². The van der Waals surface area contributed by atoms with Crippen LogP contribution < -0.4 is 11.1 Å². The molecule has 6 heteroatoms. The number of nitrogens with two attached hydrogens (primary N) is 1. The van der Waals surface area contributed by atoms with Gasteiger partial charge in [-0.3, -0.25) is 9.59 Å². The lowest BCUT2D eigenvalue weighted by Gasteiger charge is -2.17. The van der Waals surface area contributed by atoms with E-state index in [-0.39, 0.29) is 17.9 Å². The van der Waals surface area contributed by atoms with Gasteiger partial charge < -0.3 is 11.1 Å². The zero-order valence-corrected chi connectivity index (χ0v) is 10.7. The van der Waals surface area contributed by atoms with Gasteiger partial charge in [-0.2, -0.15) is 5.26 Å². The molecule has 0 aliphatic heterocycles. The minimum atomic E-state index is -2.11. The topological polar surface area (TPSA) is 96.0 Å². The van der Waals surface area contributed by atoms with Gasteiger partial charge in [-0.05, 0) is 18.9 Å². The first-order valence-electron chi connectivity index (χ1n) is 5.33. The molecule has 0 aromatic heterocycles. The second kappa shape index (κ2) is 4.26. The molecule has 1 fully saturated rings. The third kappa shape index (κ3) is 3.07. The van der Waals surface area contributed by atoms with E-state index in [1.165, 1.54) is 0 Å². The molecule has 0 spiro atoms. The summed E-state index contributed by atoms with van der Waals surface area (Å²) in [5, 5.41) is 11.5. The number of carbonyl (C=O) groups excluding carboxylic acids is 2. The summed E-state index contributed by atoms with van der Waals surface area (Å²) in [5.41, 5.74) is 4.37. The molecule has 0 atom stereocenters. The van der Waals surface area contributed by atoms with E-state index >= 15 is 0 Å². The standard InChI is InChI=1S/C10H17N3O2Si/c1-16(2,9(12)15)6-3-8(14)13-10(7-11)4-5-10/h3-6H2,1-2H3,(H2,12,15)(H,13,14). The van der Waals surface area contributed by atoms with Crippen molar-refractivity contribution < 1.29 is 9.59 Å². The molecule has 0 saturated heterocycles. The lowest BCUT2D eigenvalue weighted by atomic mass is 10.3. The van der Waals surface area contributed by atoms with Crippen LogP contribution in [0.5, 0.6) is 0 Å². The van der Waals surface area contributed by atoms with Gasteiger partial charge in [0.2, 0.25) is 5.91 Å². The number of amides is 2. The Morgan fingerprint density at radius 2 is 2.06 bits per heavy atom. The molecule has 0 aromatic carbocycles. The highest BCUT2D eigenvalue weighted by molar-refractivity contribution is 7.04. The number of carbonyl (C=O) groups is 2. The maximum absolute atomic E-state index is 11.5. The summed E-state index contributed by atoms with van der Waals surface area (Å²) in [6.45, 7) is 3.69. The van der Waals surface area contributed by atoms with Crippen LogP contribution in [0.1, 0.15) is 19.3 Å². The van der Waals surface area contributed by atoms with Crippen LogP contribution in [0.4, 0.5) is 4.79 Å². The van der Waals surface area contributed by atoms with Gasteiger partial charge in [0.15, 0.2) is 13.6 Å². The van der Waals surface area contributed by atoms with E-state index in [1.807, 2.05) is 13.1 Å². The first kappa shape index (κ1) is 12.7. The van der Waals surface area contributed by atoms with Gasteiger partial charge in [0, 0.05) is 6.42 Å². The number of nitrogens with one attached hydrogen (secondary N) is 1. The van der Waals surface area contributed by atoms with E-state index < -0.39 is 13.6 Å². The molecule has 1 saturated carbocycles. The Kier molecular flexibility index (Phi) is 3.38. The molecule has 1 aliphatic rings. The lowest BCUT2D eigenvalue weighted by Crippen LogP contribution is -2.43. The highest BCUT2D eigenvalue weighted by Crippen LogP contribution is 2.34. The van der Waals surface area contributed by atoms with Gasteiger partial charge in [-0.25, -0.2) is 0 Å². The van der Waals surface area contributed by atoms with Crippen molar-refractivity contribution in [1.82, 2.24) is 5.32 Å². The molecule has 1 rings (SSSR count). The van der Waals surface area contributed by atoms with Crippen molar-refractivity contribution in [3.63, 3.8) is 0 Å². The van der Waals surface area contributed by atoms with Crippen molar-refractivity contribution in [2.24, 2.45) is 5.73 Å². The van der Waals surface area contributed by atoms with E-state index in [4.69, 9.17) is 11.0 Å². The van der Waals surface area contributed by atoms with Crippen molar-refractivity contribution in [3.05, 3.63) is 0 Å². The van der Waals surface area contributed by atoms with Crippen LogP contribution in [0.3, 0.4) is 0 Å². The van der Waals surface area contributed by atoms with Crippen molar-refractivity contribution in [3.8, 4) is 6.07 Å². The van der Waals surface area contributed by atoms with Gasteiger partial charge in [-0.1, -0.05) is 13.1 Å². The number of nitriles is 1. The Morgan fingerprint density at radius 1 is 1.50 bits per heavy atom. The molecular formula is C10H17N3O2Si. The Hall–Kier alpha value is -1.35. The Labute approximate surface area is 96.0 Å². The quantitative estimate of drug-likeness (QED) is 0.698. The summed E-state index contributed by atoms with van der Waals surface area (Å²) < 4.78 is 0. The van der Waals surface area contributed by atoms with Crippen LogP contribution >= 0.6 is 0 Å². The molecule has 0 aromatic rings. The molecule has 0 heterocycles. The third-order valence-corrected chi connectivity index (χ3v) is 5.82. The van der Waals surface area contributed by atoms with Crippen molar-refractivity contribution in [2.75, 3.05) is 0 Å². The van der Waals surface area contributed by atoms with Crippen LogP contribution in [0.2, 0.25) is 19.1 Å². The van der Waals surface area contributed by atoms with Crippen molar-refractivity contribution in [2.45, 2.75) is 43.9 Å². The maximum atomic E-state index is 11.5. The number of hydrogen-bond donors (Lipinski definition) is 2. The third-order valence-electron chi connectivity index (χ3n) is 2.99. The fourth-order valence-electron chi connectivity index (χ4n) is 1.27. The zero-order valence-electron chi connectivity index (χ0n) is 9.67. The molecule has 0 bridgehead atoms. The fraction of sp³-hybridized carbons (Fsp3) is 0.700. The van der Waals surface area contributed by atoms with E-state index in [9.17, 15) is 9.59 Å². The van der Waals surface area contributed by atoms with E-state index in [2.05, 4.69) is 11.4 Å². The van der Waals surface area contributed by atoms with Crippen LogP contribution in [0.15, 0.2) is 0 Å². The predicted molar refractivity (Wildman–Crippen MR) is 62.2 cm³/mol. The summed E-state index contributed by atoms with van der Waals surface area (Å²) in [7, 11) is -2.11. The maximum Gasteiger partial charge on any atom is 0.220 e. The molecule has 1 aliphatic carbocycles. The summed E-state index contributed by atoms with van der Waals surface area (Å²) in [6.07, 6.45) is 1.74. The highest BCUT2D eigenvalue weighted by atomic mass is 28.3. The average Bonchev–Trinajstić information content (AvgIpc) is 2.95. The predicted octanol–water partition coefficient (Wildman–Crippen LogP) is 0.918. The van der Waals surface area contributed by atoms with Crippen LogP contribution in [0.25, 0.3) is 0 Å². The first-order chi connectivity index (χ1) is 7.31. The first-order valence-corrected chi connectivity index (χ1v) is 8.54. The Balaban J connectivity index is 2.37. The van der Waals surface area contributed by atoms with Gasteiger partial charge >= 0.3 is 0 Å². The normalized spacial score (nSPS) is 17.3. The Bertz CT molecular complexity index is 356. The molecule has 2 amide bonds.